The minimum atomic E-state index is -0.271. The highest BCUT2D eigenvalue weighted by Gasteiger charge is 2.35. The van der Waals surface area contributed by atoms with Crippen molar-refractivity contribution in [3.63, 3.8) is 0 Å². The van der Waals surface area contributed by atoms with Crippen molar-refractivity contribution in [2.45, 2.75) is 27.3 Å². The van der Waals surface area contributed by atoms with Gasteiger partial charge in [-0.1, -0.05) is 53.0 Å². The highest BCUT2D eigenvalue weighted by Crippen LogP contribution is 2.35. The number of nitrogens with zero attached hydrogens (tertiary/aromatic N) is 2. The number of rotatable bonds is 4. The molecule has 1 aliphatic rings. The second kappa shape index (κ2) is 8.58. The first kappa shape index (κ1) is 21.8. The van der Waals surface area contributed by atoms with Gasteiger partial charge < -0.3 is 4.57 Å². The Balaban J connectivity index is 1.65. The molecule has 31 heavy (non-hydrogen) atoms. The Morgan fingerprint density at radius 2 is 1.68 bits per heavy atom. The van der Waals surface area contributed by atoms with Gasteiger partial charge in [-0.3, -0.25) is 14.5 Å². The lowest BCUT2D eigenvalue weighted by molar-refractivity contribution is -0.123. The van der Waals surface area contributed by atoms with Crippen molar-refractivity contribution in [3.05, 3.63) is 91.6 Å². The van der Waals surface area contributed by atoms with Crippen LogP contribution in [0.5, 0.6) is 0 Å². The number of aromatic nitrogens is 1. The van der Waals surface area contributed by atoms with E-state index in [9.17, 15) is 9.59 Å². The summed E-state index contributed by atoms with van der Waals surface area (Å²) in [5, 5.41) is 0.843. The van der Waals surface area contributed by atoms with Crippen molar-refractivity contribution in [2.75, 3.05) is 0 Å². The zero-order chi connectivity index (χ0) is 22.3. The summed E-state index contributed by atoms with van der Waals surface area (Å²) < 4.78 is 2.03. The molecule has 0 radical (unpaired) electrons. The third kappa shape index (κ3) is 4.45. The van der Waals surface area contributed by atoms with Crippen molar-refractivity contribution in [1.29, 1.82) is 0 Å². The Bertz CT molecular complexity index is 1230. The van der Waals surface area contributed by atoms with Gasteiger partial charge in [0.2, 0.25) is 0 Å². The number of carbonyl (C=O) groups excluding carboxylic acids is 2. The summed E-state index contributed by atoms with van der Waals surface area (Å²) in [4.78, 5) is 27.2. The van der Waals surface area contributed by atoms with Crippen molar-refractivity contribution in [3.8, 4) is 5.69 Å². The fourth-order valence-electron chi connectivity index (χ4n) is 3.77. The van der Waals surface area contributed by atoms with E-state index < -0.39 is 0 Å². The van der Waals surface area contributed by atoms with Gasteiger partial charge in [-0.2, -0.15) is 0 Å². The van der Waals surface area contributed by atoms with E-state index in [1.54, 1.807) is 12.1 Å². The van der Waals surface area contributed by atoms with Crippen molar-refractivity contribution in [2.24, 2.45) is 0 Å². The first-order valence-electron chi connectivity index (χ1n) is 9.69. The molecule has 3 aromatic rings. The van der Waals surface area contributed by atoms with Gasteiger partial charge in [0.15, 0.2) is 0 Å². The van der Waals surface area contributed by atoms with Crippen LogP contribution in [0.4, 0.5) is 4.79 Å². The minimum Gasteiger partial charge on any atom is -0.318 e. The van der Waals surface area contributed by atoms with Gasteiger partial charge in [0, 0.05) is 27.1 Å². The molecule has 4 nitrogen and oxygen atoms in total. The van der Waals surface area contributed by atoms with Crippen LogP contribution in [0, 0.1) is 20.8 Å². The predicted octanol–water partition coefficient (Wildman–Crippen LogP) is 6.95. The van der Waals surface area contributed by atoms with Gasteiger partial charge in [0.25, 0.3) is 11.1 Å². The van der Waals surface area contributed by atoms with Crippen LogP contribution >= 0.6 is 35.0 Å². The Kier molecular flexibility index (Phi) is 6.02. The number of thioether (sulfide) groups is 1. The number of hydrogen-bond donors (Lipinski definition) is 0. The van der Waals surface area contributed by atoms with Gasteiger partial charge in [-0.05, 0) is 74.0 Å². The first-order valence-corrected chi connectivity index (χ1v) is 11.3. The second-order valence-corrected chi connectivity index (χ2v) is 9.41. The third-order valence-corrected chi connectivity index (χ3v) is 6.50. The van der Waals surface area contributed by atoms with Crippen LogP contribution < -0.4 is 0 Å². The third-order valence-electron chi connectivity index (χ3n) is 5.16. The maximum Gasteiger partial charge on any atom is 0.293 e. The van der Waals surface area contributed by atoms with E-state index in [1.807, 2.05) is 67.8 Å². The lowest BCUT2D eigenvalue weighted by atomic mass is 10.1. The lowest BCUT2D eigenvalue weighted by Crippen LogP contribution is -2.27. The molecule has 7 heteroatoms. The molecular formula is C24H20Cl2N2O2S. The van der Waals surface area contributed by atoms with Gasteiger partial charge in [-0.15, -0.1) is 0 Å². The zero-order valence-corrected chi connectivity index (χ0v) is 19.6. The van der Waals surface area contributed by atoms with E-state index in [-0.39, 0.29) is 17.7 Å². The Labute approximate surface area is 195 Å². The average molecular weight is 471 g/mol. The molecular weight excluding hydrogens is 451 g/mol. The van der Waals surface area contributed by atoms with Crippen LogP contribution in [0.15, 0.2) is 53.4 Å². The number of benzene rings is 2. The summed E-state index contributed by atoms with van der Waals surface area (Å²) in [7, 11) is 0. The van der Waals surface area contributed by atoms with Crippen LogP contribution in [-0.2, 0) is 11.3 Å². The molecule has 2 aromatic carbocycles. The molecule has 1 saturated heterocycles. The summed E-state index contributed by atoms with van der Waals surface area (Å²) in [6, 6.07) is 15.2. The van der Waals surface area contributed by atoms with Crippen LogP contribution in [-0.4, -0.2) is 20.6 Å². The highest BCUT2D eigenvalue weighted by molar-refractivity contribution is 8.18. The average Bonchev–Trinajstić information content (AvgIpc) is 3.11. The molecule has 0 bridgehead atoms. The molecule has 158 valence electrons. The predicted molar refractivity (Wildman–Crippen MR) is 128 cm³/mol. The van der Waals surface area contributed by atoms with Gasteiger partial charge in [0.05, 0.1) is 11.4 Å². The SMILES string of the molecule is Cc1cccc(CN2C(=O)S/C(=C\c3cc(C)n(-c4cc(Cl)cc(Cl)c4)c3C)C2=O)c1. The largest absolute Gasteiger partial charge is 0.318 e. The van der Waals surface area contributed by atoms with E-state index in [0.29, 0.717) is 15.0 Å². The van der Waals surface area contributed by atoms with Crippen LogP contribution in [0.2, 0.25) is 10.0 Å². The molecule has 0 spiro atoms. The fourth-order valence-corrected chi connectivity index (χ4v) is 5.11. The molecule has 4 rings (SSSR count). The Morgan fingerprint density at radius 1 is 0.968 bits per heavy atom. The number of carbonyl (C=O) groups is 2. The maximum atomic E-state index is 12.9. The standard InChI is InChI=1S/C24H20Cl2N2O2S/c1-14-5-4-6-17(7-14)13-27-23(29)22(31-24(27)30)9-18-8-15(2)28(16(18)3)21-11-19(25)10-20(26)12-21/h4-12H,13H2,1-3H3/b22-9-. The quantitative estimate of drug-likeness (QED) is 0.387. The summed E-state index contributed by atoms with van der Waals surface area (Å²) in [5.41, 5.74) is 5.64. The number of hydrogen-bond acceptors (Lipinski definition) is 3. The molecule has 0 saturated carbocycles. The summed E-state index contributed by atoms with van der Waals surface area (Å²) in [6.07, 6.45) is 1.78. The molecule has 0 aliphatic carbocycles. The molecule has 1 aromatic heterocycles. The lowest BCUT2D eigenvalue weighted by Gasteiger charge is -2.12. The minimum absolute atomic E-state index is 0.256. The summed E-state index contributed by atoms with van der Waals surface area (Å²) in [6.45, 7) is 6.19. The van der Waals surface area contributed by atoms with Crippen molar-refractivity contribution >= 4 is 52.2 Å². The molecule has 2 heterocycles. The van der Waals surface area contributed by atoms with Crippen LogP contribution in [0.3, 0.4) is 0 Å². The van der Waals surface area contributed by atoms with Gasteiger partial charge >= 0.3 is 0 Å². The van der Waals surface area contributed by atoms with E-state index in [4.69, 9.17) is 23.2 Å². The monoisotopic (exact) mass is 470 g/mol. The van der Waals surface area contributed by atoms with E-state index in [1.165, 1.54) is 4.90 Å². The second-order valence-electron chi connectivity index (χ2n) is 7.55. The first-order chi connectivity index (χ1) is 14.7. The summed E-state index contributed by atoms with van der Waals surface area (Å²) >= 11 is 13.3. The topological polar surface area (TPSA) is 42.3 Å². The molecule has 1 fully saturated rings. The number of amides is 2. The van der Waals surface area contributed by atoms with E-state index in [0.717, 1.165) is 45.5 Å². The molecule has 0 unspecified atom stereocenters. The molecule has 2 amide bonds. The van der Waals surface area contributed by atoms with E-state index in [2.05, 4.69) is 0 Å². The Morgan fingerprint density at radius 3 is 2.35 bits per heavy atom. The van der Waals surface area contributed by atoms with Crippen LogP contribution in [0.25, 0.3) is 11.8 Å². The van der Waals surface area contributed by atoms with Gasteiger partial charge in [0.1, 0.15) is 0 Å². The highest BCUT2D eigenvalue weighted by atomic mass is 35.5. The van der Waals surface area contributed by atoms with E-state index >= 15 is 0 Å². The zero-order valence-electron chi connectivity index (χ0n) is 17.3. The molecule has 0 N–H and O–H groups in total. The normalized spacial score (nSPS) is 15.4. The number of halogens is 2. The fraction of sp³-hybridized carbons (Fsp3) is 0.167. The smallest absolute Gasteiger partial charge is 0.293 e. The number of aryl methyl sites for hydroxylation is 2. The molecule has 0 atom stereocenters. The maximum absolute atomic E-state index is 12.9. The summed E-state index contributed by atoms with van der Waals surface area (Å²) in [5.74, 6) is -0.271. The van der Waals surface area contributed by atoms with Crippen LogP contribution in [0.1, 0.15) is 28.1 Å². The number of imide groups is 1. The van der Waals surface area contributed by atoms with Gasteiger partial charge in [-0.25, -0.2) is 0 Å². The Hall–Kier alpha value is -2.47. The van der Waals surface area contributed by atoms with Crippen molar-refractivity contribution in [1.82, 2.24) is 9.47 Å². The molecule has 1 aliphatic heterocycles. The van der Waals surface area contributed by atoms with Crippen molar-refractivity contribution < 1.29 is 9.59 Å².